The Morgan fingerprint density at radius 3 is 1.53 bits per heavy atom. The Hall–Kier alpha value is -4.49. The molecule has 43 heavy (non-hydrogen) atoms. The SMILES string of the molecule is O=C(O)C(F)(F)F.O=C(O)C(F)(F)F.O=C(O)C(F)(F)F.O=C1[C@H]2CN(Cc3cccnc3)C[C@H]2CN1c1cccnc1. The quantitative estimate of drug-likeness (QED) is 0.426. The summed E-state index contributed by atoms with van der Waals surface area (Å²) in [5, 5.41) is 21.4. The van der Waals surface area contributed by atoms with Crippen molar-refractivity contribution in [3.8, 4) is 0 Å². The first kappa shape index (κ1) is 36.5. The zero-order valence-corrected chi connectivity index (χ0v) is 21.3. The molecule has 3 N–H and O–H groups in total. The number of fused-ring (bicyclic) bond motifs is 1. The molecule has 2 aromatic heterocycles. The van der Waals surface area contributed by atoms with E-state index in [1.54, 1.807) is 18.6 Å². The summed E-state index contributed by atoms with van der Waals surface area (Å²) in [6.07, 6.45) is -8.05. The van der Waals surface area contributed by atoms with Crippen LogP contribution in [-0.2, 0) is 25.7 Å². The van der Waals surface area contributed by atoms with Crippen LogP contribution in [0, 0.1) is 11.8 Å². The fourth-order valence-corrected chi connectivity index (χ4v) is 3.58. The van der Waals surface area contributed by atoms with Crippen LogP contribution in [0.15, 0.2) is 49.1 Å². The van der Waals surface area contributed by atoms with Crippen molar-refractivity contribution in [3.63, 3.8) is 0 Å². The lowest BCUT2D eigenvalue weighted by Crippen LogP contribution is -2.32. The number of alkyl halides is 9. The van der Waals surface area contributed by atoms with E-state index in [-0.39, 0.29) is 11.8 Å². The van der Waals surface area contributed by atoms with Gasteiger partial charge in [-0.05, 0) is 23.8 Å². The Bertz CT molecular complexity index is 1170. The molecular weight excluding hydrogens is 615 g/mol. The van der Waals surface area contributed by atoms with Gasteiger partial charge in [0.05, 0.1) is 17.8 Å². The molecule has 4 rings (SSSR count). The molecule has 0 spiro atoms. The smallest absolute Gasteiger partial charge is 0.475 e. The average Bonchev–Trinajstić information content (AvgIpc) is 3.42. The number of aliphatic carboxylic acids is 3. The number of carboxylic acid groups (broad SMARTS) is 3. The highest BCUT2D eigenvalue weighted by Gasteiger charge is 2.46. The van der Waals surface area contributed by atoms with E-state index in [0.29, 0.717) is 5.92 Å². The Morgan fingerprint density at radius 2 is 1.19 bits per heavy atom. The van der Waals surface area contributed by atoms with Gasteiger partial charge in [0.25, 0.3) is 0 Å². The van der Waals surface area contributed by atoms with Gasteiger partial charge in [-0.25, -0.2) is 14.4 Å². The summed E-state index contributed by atoms with van der Waals surface area (Å²) in [5.41, 5.74) is 2.12. The van der Waals surface area contributed by atoms with Crippen molar-refractivity contribution in [2.75, 3.05) is 24.5 Å². The molecule has 0 unspecified atom stereocenters. The van der Waals surface area contributed by atoms with E-state index >= 15 is 0 Å². The Balaban J connectivity index is 0.000000363. The number of hydrogen-bond donors (Lipinski definition) is 3. The van der Waals surface area contributed by atoms with E-state index in [2.05, 4.69) is 20.9 Å². The third kappa shape index (κ3) is 12.5. The molecule has 238 valence electrons. The van der Waals surface area contributed by atoms with Crippen molar-refractivity contribution in [1.29, 1.82) is 0 Å². The molecule has 11 nitrogen and oxygen atoms in total. The predicted octanol–water partition coefficient (Wildman–Crippen LogP) is 3.47. The monoisotopic (exact) mass is 636 g/mol. The van der Waals surface area contributed by atoms with Crippen molar-refractivity contribution >= 4 is 29.5 Å². The topological polar surface area (TPSA) is 161 Å². The van der Waals surface area contributed by atoms with Crippen LogP contribution in [0.1, 0.15) is 5.56 Å². The van der Waals surface area contributed by atoms with Gasteiger partial charge in [0, 0.05) is 50.7 Å². The summed E-state index contributed by atoms with van der Waals surface area (Å²) >= 11 is 0. The van der Waals surface area contributed by atoms with E-state index in [1.807, 2.05) is 29.3 Å². The van der Waals surface area contributed by atoms with Crippen molar-refractivity contribution < 1.29 is 74.0 Å². The van der Waals surface area contributed by atoms with E-state index in [4.69, 9.17) is 29.7 Å². The third-order valence-corrected chi connectivity index (χ3v) is 5.33. The van der Waals surface area contributed by atoms with Crippen molar-refractivity contribution in [2.24, 2.45) is 11.8 Å². The van der Waals surface area contributed by atoms with Gasteiger partial charge < -0.3 is 20.2 Å². The summed E-state index contributed by atoms with van der Waals surface area (Å²) in [6, 6.07) is 7.89. The number of likely N-dealkylation sites (tertiary alicyclic amines) is 1. The molecule has 2 saturated heterocycles. The molecule has 20 heteroatoms. The minimum Gasteiger partial charge on any atom is -0.475 e. The van der Waals surface area contributed by atoms with Crippen LogP contribution in [0.5, 0.6) is 0 Å². The van der Waals surface area contributed by atoms with Crippen LogP contribution in [0.4, 0.5) is 45.2 Å². The number of carbonyl (C=O) groups is 4. The molecule has 0 aromatic carbocycles. The number of carboxylic acids is 3. The lowest BCUT2D eigenvalue weighted by molar-refractivity contribution is -0.193. The van der Waals surface area contributed by atoms with Gasteiger partial charge in [-0.2, -0.15) is 39.5 Å². The minimum absolute atomic E-state index is 0.122. The molecule has 1 amide bonds. The van der Waals surface area contributed by atoms with E-state index < -0.39 is 36.4 Å². The highest BCUT2D eigenvalue weighted by atomic mass is 19.4. The second-order valence-corrected chi connectivity index (χ2v) is 8.49. The molecule has 2 atom stereocenters. The Kier molecular flexibility index (Phi) is 12.8. The highest BCUT2D eigenvalue weighted by molar-refractivity contribution is 5.97. The maximum atomic E-state index is 12.6. The number of hydrogen-bond acceptors (Lipinski definition) is 7. The van der Waals surface area contributed by atoms with Crippen LogP contribution in [-0.4, -0.2) is 92.2 Å². The third-order valence-electron chi connectivity index (χ3n) is 5.33. The molecule has 0 bridgehead atoms. The molecule has 0 aliphatic carbocycles. The molecule has 2 aromatic rings. The summed E-state index contributed by atoms with van der Waals surface area (Å²) in [4.78, 5) is 51.9. The first-order valence-electron chi connectivity index (χ1n) is 11.4. The number of pyridine rings is 2. The molecule has 2 aliphatic rings. The zero-order chi connectivity index (χ0) is 33.2. The average molecular weight is 636 g/mol. The van der Waals surface area contributed by atoms with Gasteiger partial charge in [0.15, 0.2) is 0 Å². The Labute approximate surface area is 235 Å². The van der Waals surface area contributed by atoms with Gasteiger partial charge in [-0.3, -0.25) is 19.7 Å². The first-order chi connectivity index (χ1) is 19.6. The van der Waals surface area contributed by atoms with Crippen molar-refractivity contribution in [3.05, 3.63) is 54.6 Å². The van der Waals surface area contributed by atoms with E-state index in [9.17, 15) is 44.3 Å². The molecule has 2 aliphatic heterocycles. The highest BCUT2D eigenvalue weighted by Crippen LogP contribution is 2.35. The molecule has 2 fully saturated rings. The van der Waals surface area contributed by atoms with Crippen molar-refractivity contribution in [2.45, 2.75) is 25.1 Å². The lowest BCUT2D eigenvalue weighted by Gasteiger charge is -2.21. The van der Waals surface area contributed by atoms with Gasteiger partial charge >= 0.3 is 36.4 Å². The summed E-state index contributed by atoms with van der Waals surface area (Å²) in [5.74, 6) is -7.49. The van der Waals surface area contributed by atoms with Crippen LogP contribution in [0.2, 0.25) is 0 Å². The molecular formula is C23H21F9N4O7. The number of anilines is 1. The normalized spacial score (nSPS) is 18.2. The van der Waals surface area contributed by atoms with E-state index in [0.717, 1.165) is 31.9 Å². The second-order valence-electron chi connectivity index (χ2n) is 8.49. The second kappa shape index (κ2) is 15.1. The van der Waals surface area contributed by atoms with Gasteiger partial charge in [0.1, 0.15) is 0 Å². The van der Waals surface area contributed by atoms with Crippen molar-refractivity contribution in [1.82, 2.24) is 14.9 Å². The molecule has 0 saturated carbocycles. The molecule has 0 radical (unpaired) electrons. The Morgan fingerprint density at radius 1 is 0.744 bits per heavy atom. The summed E-state index contributed by atoms with van der Waals surface area (Å²) in [7, 11) is 0. The van der Waals surface area contributed by atoms with Gasteiger partial charge in [-0.1, -0.05) is 6.07 Å². The van der Waals surface area contributed by atoms with Gasteiger partial charge in [-0.15, -0.1) is 0 Å². The largest absolute Gasteiger partial charge is 0.490 e. The number of nitrogens with zero attached hydrogens (tertiary/aromatic N) is 4. The number of aromatic nitrogens is 2. The number of rotatable bonds is 3. The number of carbonyl (C=O) groups excluding carboxylic acids is 1. The fraction of sp³-hybridized carbons (Fsp3) is 0.391. The van der Waals surface area contributed by atoms with E-state index in [1.165, 1.54) is 5.56 Å². The zero-order valence-electron chi connectivity index (χ0n) is 21.3. The van der Waals surface area contributed by atoms with Crippen LogP contribution >= 0.6 is 0 Å². The number of halogens is 9. The molecule has 4 heterocycles. The fourth-order valence-electron chi connectivity index (χ4n) is 3.58. The van der Waals surface area contributed by atoms with Gasteiger partial charge in [0.2, 0.25) is 5.91 Å². The van der Waals surface area contributed by atoms with Crippen LogP contribution in [0.25, 0.3) is 0 Å². The van der Waals surface area contributed by atoms with Crippen LogP contribution in [0.3, 0.4) is 0 Å². The van der Waals surface area contributed by atoms with Crippen LogP contribution < -0.4 is 4.90 Å². The maximum Gasteiger partial charge on any atom is 0.490 e. The standard InChI is InChI=1S/C17H18N4O.3C2HF3O2/c22-17-16-12-20(9-13-3-1-5-18-7-13)10-14(16)11-21(17)15-4-2-6-19-8-15;3*3-2(4,5)1(6)7/h1-8,14,16H,9-12H2;3*(H,6,7)/t14-,16-;;;/m0.../s1. The summed E-state index contributed by atoms with van der Waals surface area (Å²) in [6.45, 7) is 3.50. The number of amides is 1. The minimum atomic E-state index is -5.08. The predicted molar refractivity (Wildman–Crippen MR) is 124 cm³/mol. The summed E-state index contributed by atoms with van der Waals surface area (Å²) < 4.78 is 95.2. The maximum absolute atomic E-state index is 12.6. The lowest BCUT2D eigenvalue weighted by atomic mass is 10.0. The first-order valence-corrected chi connectivity index (χ1v) is 11.4.